The first-order valence-electron chi connectivity index (χ1n) is 7.63. The van der Waals surface area contributed by atoms with Crippen molar-refractivity contribution in [2.45, 2.75) is 32.2 Å². The van der Waals surface area contributed by atoms with Crippen LogP contribution < -0.4 is 10.6 Å². The van der Waals surface area contributed by atoms with Gasteiger partial charge in [-0.2, -0.15) is 0 Å². The fraction of sp³-hybridized carbons (Fsp3) is 0.625. The Bertz CT molecular complexity index is 383. The van der Waals surface area contributed by atoms with E-state index >= 15 is 0 Å². The highest BCUT2D eigenvalue weighted by molar-refractivity contribution is 5.46. The molecule has 1 aromatic carbocycles. The Morgan fingerprint density at radius 3 is 2.35 bits per heavy atom. The molecule has 1 aromatic rings. The lowest BCUT2D eigenvalue weighted by molar-refractivity contribution is 0.251. The predicted molar refractivity (Wildman–Crippen MR) is 82.6 cm³/mol. The molecule has 2 rings (SSSR count). The minimum absolute atomic E-state index is 0.165. The van der Waals surface area contributed by atoms with Crippen LogP contribution in [0.3, 0.4) is 0 Å². The number of nitrogens with two attached hydrogens (primary N) is 1. The molecule has 1 saturated heterocycles. The Kier molecular flexibility index (Phi) is 5.80. The second-order valence-corrected chi connectivity index (χ2v) is 5.78. The SMILES string of the molecule is CC(N)CCCCN1CCN(c2ccc(F)cc2)CC1. The van der Waals surface area contributed by atoms with Crippen molar-refractivity contribution in [2.75, 3.05) is 37.6 Å². The summed E-state index contributed by atoms with van der Waals surface area (Å²) >= 11 is 0. The summed E-state index contributed by atoms with van der Waals surface area (Å²) in [5.74, 6) is -0.165. The normalized spacial score (nSPS) is 18.2. The second kappa shape index (κ2) is 7.60. The van der Waals surface area contributed by atoms with Gasteiger partial charge in [0.2, 0.25) is 0 Å². The van der Waals surface area contributed by atoms with Crippen molar-refractivity contribution in [3.05, 3.63) is 30.1 Å². The van der Waals surface area contributed by atoms with Crippen molar-refractivity contribution < 1.29 is 4.39 Å². The van der Waals surface area contributed by atoms with Gasteiger partial charge in [0.05, 0.1) is 0 Å². The number of rotatable bonds is 6. The minimum atomic E-state index is -0.165. The van der Waals surface area contributed by atoms with Crippen molar-refractivity contribution >= 4 is 5.69 Å². The van der Waals surface area contributed by atoms with Gasteiger partial charge in [-0.25, -0.2) is 4.39 Å². The molecule has 3 nitrogen and oxygen atoms in total. The van der Waals surface area contributed by atoms with Gasteiger partial charge in [-0.3, -0.25) is 4.90 Å². The van der Waals surface area contributed by atoms with E-state index in [1.54, 1.807) is 0 Å². The molecule has 0 bridgehead atoms. The van der Waals surface area contributed by atoms with E-state index in [0.29, 0.717) is 6.04 Å². The summed E-state index contributed by atoms with van der Waals surface area (Å²) in [7, 11) is 0. The fourth-order valence-electron chi connectivity index (χ4n) is 2.68. The number of nitrogens with zero attached hydrogens (tertiary/aromatic N) is 2. The first-order valence-corrected chi connectivity index (χ1v) is 7.63. The topological polar surface area (TPSA) is 32.5 Å². The molecular weight excluding hydrogens is 253 g/mol. The van der Waals surface area contributed by atoms with Gasteiger partial charge in [-0.05, 0) is 50.6 Å². The van der Waals surface area contributed by atoms with Crippen molar-refractivity contribution in [2.24, 2.45) is 5.73 Å². The largest absolute Gasteiger partial charge is 0.369 e. The fourth-order valence-corrected chi connectivity index (χ4v) is 2.68. The molecule has 1 heterocycles. The third kappa shape index (κ3) is 4.76. The van der Waals surface area contributed by atoms with E-state index in [1.165, 1.54) is 31.5 Å². The summed E-state index contributed by atoms with van der Waals surface area (Å²) in [6, 6.07) is 7.14. The third-order valence-electron chi connectivity index (χ3n) is 3.95. The molecule has 1 atom stereocenters. The van der Waals surface area contributed by atoms with Crippen molar-refractivity contribution in [3.8, 4) is 0 Å². The van der Waals surface area contributed by atoms with Gasteiger partial charge in [-0.15, -0.1) is 0 Å². The molecule has 2 N–H and O–H groups in total. The van der Waals surface area contributed by atoms with Crippen LogP contribution >= 0.6 is 0 Å². The molecule has 1 aliphatic heterocycles. The highest BCUT2D eigenvalue weighted by Gasteiger charge is 2.16. The molecule has 112 valence electrons. The Balaban J connectivity index is 1.68. The average Bonchev–Trinajstić information content (AvgIpc) is 2.45. The molecule has 1 fully saturated rings. The molecule has 1 aliphatic rings. The number of piperazine rings is 1. The van der Waals surface area contributed by atoms with Crippen LogP contribution in [0, 0.1) is 5.82 Å². The van der Waals surface area contributed by atoms with Gasteiger partial charge in [-0.1, -0.05) is 6.42 Å². The van der Waals surface area contributed by atoms with E-state index in [2.05, 4.69) is 16.7 Å². The Labute approximate surface area is 121 Å². The van der Waals surface area contributed by atoms with Crippen LogP contribution in [0.5, 0.6) is 0 Å². The van der Waals surface area contributed by atoms with Crippen LogP contribution in [0.25, 0.3) is 0 Å². The average molecular weight is 279 g/mol. The maximum atomic E-state index is 12.9. The summed E-state index contributed by atoms with van der Waals surface area (Å²) in [5, 5.41) is 0. The van der Waals surface area contributed by atoms with Crippen molar-refractivity contribution in [1.82, 2.24) is 4.90 Å². The number of benzene rings is 1. The van der Waals surface area contributed by atoms with Crippen LogP contribution in [-0.4, -0.2) is 43.7 Å². The predicted octanol–water partition coefficient (Wildman–Crippen LogP) is 2.47. The van der Waals surface area contributed by atoms with E-state index in [1.807, 2.05) is 12.1 Å². The third-order valence-corrected chi connectivity index (χ3v) is 3.95. The summed E-state index contributed by atoms with van der Waals surface area (Å²) in [5.41, 5.74) is 6.89. The summed E-state index contributed by atoms with van der Waals surface area (Å²) in [6.45, 7) is 7.48. The molecule has 4 heteroatoms. The summed E-state index contributed by atoms with van der Waals surface area (Å²) in [4.78, 5) is 4.85. The standard InChI is InChI=1S/C16H26FN3/c1-14(18)4-2-3-9-19-10-12-20(13-11-19)16-7-5-15(17)6-8-16/h5-8,14H,2-4,9-13,18H2,1H3. The van der Waals surface area contributed by atoms with Gasteiger partial charge in [0, 0.05) is 37.9 Å². The molecule has 0 amide bonds. The smallest absolute Gasteiger partial charge is 0.123 e. The maximum absolute atomic E-state index is 12.9. The van der Waals surface area contributed by atoms with Crippen LogP contribution in [0.4, 0.5) is 10.1 Å². The van der Waals surface area contributed by atoms with Gasteiger partial charge in [0.15, 0.2) is 0 Å². The van der Waals surface area contributed by atoms with Gasteiger partial charge in [0.1, 0.15) is 5.82 Å². The Hall–Kier alpha value is -1.13. The van der Waals surface area contributed by atoms with E-state index in [0.717, 1.165) is 38.3 Å². The maximum Gasteiger partial charge on any atom is 0.123 e. The molecule has 0 aromatic heterocycles. The van der Waals surface area contributed by atoms with E-state index in [9.17, 15) is 4.39 Å². The highest BCUT2D eigenvalue weighted by atomic mass is 19.1. The van der Waals surface area contributed by atoms with Crippen LogP contribution in [0.1, 0.15) is 26.2 Å². The van der Waals surface area contributed by atoms with Gasteiger partial charge >= 0.3 is 0 Å². The van der Waals surface area contributed by atoms with Gasteiger partial charge < -0.3 is 10.6 Å². The summed E-state index contributed by atoms with van der Waals surface area (Å²) < 4.78 is 12.9. The number of hydrogen-bond donors (Lipinski definition) is 1. The zero-order valence-electron chi connectivity index (χ0n) is 12.4. The number of anilines is 1. The number of hydrogen-bond acceptors (Lipinski definition) is 3. The molecule has 0 radical (unpaired) electrons. The molecule has 20 heavy (non-hydrogen) atoms. The highest BCUT2D eigenvalue weighted by Crippen LogP contribution is 2.17. The van der Waals surface area contributed by atoms with Gasteiger partial charge in [0.25, 0.3) is 0 Å². The zero-order valence-corrected chi connectivity index (χ0v) is 12.4. The number of unbranched alkanes of at least 4 members (excludes halogenated alkanes) is 1. The first kappa shape index (κ1) is 15.3. The lowest BCUT2D eigenvalue weighted by Crippen LogP contribution is -2.46. The zero-order chi connectivity index (χ0) is 14.4. The lowest BCUT2D eigenvalue weighted by Gasteiger charge is -2.36. The molecule has 0 spiro atoms. The van der Waals surface area contributed by atoms with Crippen LogP contribution in [0.2, 0.25) is 0 Å². The lowest BCUT2D eigenvalue weighted by atomic mass is 10.1. The summed E-state index contributed by atoms with van der Waals surface area (Å²) in [6.07, 6.45) is 3.57. The minimum Gasteiger partial charge on any atom is -0.369 e. The van der Waals surface area contributed by atoms with Crippen molar-refractivity contribution in [1.29, 1.82) is 0 Å². The van der Waals surface area contributed by atoms with E-state index < -0.39 is 0 Å². The van der Waals surface area contributed by atoms with Crippen LogP contribution in [0.15, 0.2) is 24.3 Å². The molecule has 0 aliphatic carbocycles. The quantitative estimate of drug-likeness (QED) is 0.812. The Morgan fingerprint density at radius 1 is 1.10 bits per heavy atom. The monoisotopic (exact) mass is 279 g/mol. The van der Waals surface area contributed by atoms with E-state index in [4.69, 9.17) is 5.73 Å². The molecule has 0 saturated carbocycles. The first-order chi connectivity index (χ1) is 9.65. The second-order valence-electron chi connectivity index (χ2n) is 5.78. The number of halogens is 1. The molecular formula is C16H26FN3. The van der Waals surface area contributed by atoms with Crippen molar-refractivity contribution in [3.63, 3.8) is 0 Å². The van der Waals surface area contributed by atoms with E-state index in [-0.39, 0.29) is 5.82 Å². The van der Waals surface area contributed by atoms with Crippen LogP contribution in [-0.2, 0) is 0 Å². The Morgan fingerprint density at radius 2 is 1.75 bits per heavy atom. The molecule has 1 unspecified atom stereocenters.